The molecule has 6 heteroatoms. The molecule has 5 nitrogen and oxygen atoms in total. The van der Waals surface area contributed by atoms with E-state index in [9.17, 15) is 4.79 Å². The molecule has 2 rings (SSSR count). The van der Waals surface area contributed by atoms with Gasteiger partial charge in [-0.15, -0.1) is 0 Å². The van der Waals surface area contributed by atoms with Gasteiger partial charge in [-0.1, -0.05) is 12.1 Å². The molecule has 1 aliphatic rings. The number of carbonyl (C=O) groups is 1. The SMILES string of the molecule is CN=C(NCCCCSC)NCc1ccc(N2CCCCC2=O)cc1. The number of aliphatic imine (C=N–C) groups is 1. The van der Waals surface area contributed by atoms with Gasteiger partial charge in [0, 0.05) is 38.8 Å². The van der Waals surface area contributed by atoms with Crippen LogP contribution in [0.15, 0.2) is 29.3 Å². The van der Waals surface area contributed by atoms with Crippen LogP contribution in [0.1, 0.15) is 37.7 Å². The number of thioether (sulfide) groups is 1. The summed E-state index contributed by atoms with van der Waals surface area (Å²) >= 11 is 1.89. The Bertz CT molecular complexity index is 559. The molecule has 1 aliphatic heterocycles. The number of guanidine groups is 1. The Balaban J connectivity index is 1.77. The van der Waals surface area contributed by atoms with Gasteiger partial charge in [-0.3, -0.25) is 9.79 Å². The summed E-state index contributed by atoms with van der Waals surface area (Å²) in [5.74, 6) is 2.28. The van der Waals surface area contributed by atoms with E-state index in [4.69, 9.17) is 0 Å². The molecule has 25 heavy (non-hydrogen) atoms. The summed E-state index contributed by atoms with van der Waals surface area (Å²) < 4.78 is 0. The molecule has 1 fully saturated rings. The summed E-state index contributed by atoms with van der Waals surface area (Å²) in [5.41, 5.74) is 2.18. The maximum absolute atomic E-state index is 12.0. The molecule has 138 valence electrons. The van der Waals surface area contributed by atoms with Crippen LogP contribution in [-0.4, -0.2) is 44.0 Å². The van der Waals surface area contributed by atoms with Crippen LogP contribution in [-0.2, 0) is 11.3 Å². The predicted molar refractivity (Wildman–Crippen MR) is 108 cm³/mol. The average Bonchev–Trinajstić information content (AvgIpc) is 2.65. The third kappa shape index (κ3) is 6.61. The van der Waals surface area contributed by atoms with E-state index in [0.717, 1.165) is 50.5 Å². The Kier molecular flexibility index (Phi) is 8.66. The number of amides is 1. The fraction of sp³-hybridized carbons (Fsp3) is 0.579. The molecule has 0 saturated carbocycles. The van der Waals surface area contributed by atoms with Crippen LogP contribution in [0, 0.1) is 0 Å². The first-order valence-corrected chi connectivity index (χ1v) is 10.5. The van der Waals surface area contributed by atoms with Gasteiger partial charge < -0.3 is 15.5 Å². The minimum absolute atomic E-state index is 0.239. The van der Waals surface area contributed by atoms with Crippen molar-refractivity contribution in [3.63, 3.8) is 0 Å². The molecule has 2 N–H and O–H groups in total. The standard InChI is InChI=1S/C19H30N4OS/c1-20-19(21-12-4-6-14-25-2)22-15-16-8-10-17(11-9-16)23-13-5-3-7-18(23)24/h8-11H,3-7,12-15H2,1-2H3,(H2,20,21,22). The molecule has 1 aromatic carbocycles. The highest BCUT2D eigenvalue weighted by atomic mass is 32.2. The highest BCUT2D eigenvalue weighted by Gasteiger charge is 2.19. The summed E-state index contributed by atoms with van der Waals surface area (Å²) in [5, 5.41) is 6.68. The van der Waals surface area contributed by atoms with E-state index in [0.29, 0.717) is 6.42 Å². The van der Waals surface area contributed by atoms with Crippen LogP contribution in [0.4, 0.5) is 5.69 Å². The van der Waals surface area contributed by atoms with E-state index in [1.165, 1.54) is 17.7 Å². The minimum atomic E-state index is 0.239. The number of rotatable bonds is 8. The zero-order valence-electron chi connectivity index (χ0n) is 15.4. The molecule has 1 aromatic rings. The Morgan fingerprint density at radius 3 is 2.68 bits per heavy atom. The van der Waals surface area contributed by atoms with Crippen LogP contribution in [0.3, 0.4) is 0 Å². The predicted octanol–water partition coefficient (Wildman–Crippen LogP) is 3.01. The highest BCUT2D eigenvalue weighted by Crippen LogP contribution is 2.21. The molecule has 0 spiro atoms. The average molecular weight is 363 g/mol. The van der Waals surface area contributed by atoms with Crippen molar-refractivity contribution in [2.24, 2.45) is 4.99 Å². The molecule has 1 amide bonds. The van der Waals surface area contributed by atoms with Gasteiger partial charge in [0.1, 0.15) is 0 Å². The first-order valence-electron chi connectivity index (χ1n) is 9.07. The van der Waals surface area contributed by atoms with Crippen molar-refractivity contribution in [1.29, 1.82) is 0 Å². The number of nitrogens with zero attached hydrogens (tertiary/aromatic N) is 2. The third-order valence-electron chi connectivity index (χ3n) is 4.32. The number of carbonyl (C=O) groups excluding carboxylic acids is 1. The van der Waals surface area contributed by atoms with Gasteiger partial charge in [0.05, 0.1) is 0 Å². The van der Waals surface area contributed by atoms with Crippen molar-refractivity contribution < 1.29 is 4.79 Å². The Morgan fingerprint density at radius 2 is 2.00 bits per heavy atom. The van der Waals surface area contributed by atoms with E-state index < -0.39 is 0 Å². The first kappa shape index (κ1) is 19.6. The van der Waals surface area contributed by atoms with E-state index in [1.54, 1.807) is 7.05 Å². The second kappa shape index (κ2) is 11.0. The number of hydrogen-bond donors (Lipinski definition) is 2. The molecule has 0 aliphatic carbocycles. The smallest absolute Gasteiger partial charge is 0.226 e. The second-order valence-electron chi connectivity index (χ2n) is 6.22. The second-order valence-corrected chi connectivity index (χ2v) is 7.21. The van der Waals surface area contributed by atoms with E-state index in [-0.39, 0.29) is 5.91 Å². The number of anilines is 1. The van der Waals surface area contributed by atoms with E-state index in [1.807, 2.05) is 28.8 Å². The molecule has 0 bridgehead atoms. The van der Waals surface area contributed by atoms with Gasteiger partial charge in [-0.2, -0.15) is 11.8 Å². The van der Waals surface area contributed by atoms with Gasteiger partial charge >= 0.3 is 0 Å². The van der Waals surface area contributed by atoms with Crippen LogP contribution >= 0.6 is 11.8 Å². The molecular weight excluding hydrogens is 332 g/mol. The van der Waals surface area contributed by atoms with Crippen molar-refractivity contribution >= 4 is 29.3 Å². The molecule has 0 unspecified atom stereocenters. The van der Waals surface area contributed by atoms with Crippen molar-refractivity contribution in [2.45, 2.75) is 38.6 Å². The summed E-state index contributed by atoms with van der Waals surface area (Å²) in [6, 6.07) is 8.24. The zero-order valence-corrected chi connectivity index (χ0v) is 16.2. The van der Waals surface area contributed by atoms with Crippen molar-refractivity contribution in [2.75, 3.05) is 37.0 Å². The molecule has 0 radical (unpaired) electrons. The number of nitrogens with one attached hydrogen (secondary N) is 2. The van der Waals surface area contributed by atoms with Crippen LogP contribution in [0.25, 0.3) is 0 Å². The third-order valence-corrected chi connectivity index (χ3v) is 5.02. The van der Waals surface area contributed by atoms with E-state index in [2.05, 4.69) is 34.0 Å². The van der Waals surface area contributed by atoms with Gasteiger partial charge in [0.15, 0.2) is 5.96 Å². The number of hydrogen-bond acceptors (Lipinski definition) is 3. The fourth-order valence-corrected chi connectivity index (χ4v) is 3.35. The summed E-state index contributed by atoms with van der Waals surface area (Å²) in [4.78, 5) is 18.1. The van der Waals surface area contributed by atoms with Crippen LogP contribution < -0.4 is 15.5 Å². The Labute approximate surface area is 155 Å². The van der Waals surface area contributed by atoms with Gasteiger partial charge in [-0.25, -0.2) is 0 Å². The minimum Gasteiger partial charge on any atom is -0.356 e. The normalized spacial score (nSPS) is 15.4. The van der Waals surface area contributed by atoms with Crippen LogP contribution in [0.2, 0.25) is 0 Å². The molecule has 0 atom stereocenters. The molecule has 0 aromatic heterocycles. The van der Waals surface area contributed by atoms with Crippen molar-refractivity contribution in [1.82, 2.24) is 10.6 Å². The fourth-order valence-electron chi connectivity index (χ4n) is 2.86. The number of piperidine rings is 1. The lowest BCUT2D eigenvalue weighted by molar-refractivity contribution is -0.119. The Hall–Kier alpha value is -1.69. The summed E-state index contributed by atoms with van der Waals surface area (Å²) in [6.45, 7) is 2.50. The maximum Gasteiger partial charge on any atom is 0.226 e. The molecule has 1 heterocycles. The van der Waals surface area contributed by atoms with Crippen LogP contribution in [0.5, 0.6) is 0 Å². The quantitative estimate of drug-likeness (QED) is 0.424. The Morgan fingerprint density at radius 1 is 1.20 bits per heavy atom. The molecule has 1 saturated heterocycles. The summed E-state index contributed by atoms with van der Waals surface area (Å²) in [7, 11) is 1.79. The maximum atomic E-state index is 12.0. The highest BCUT2D eigenvalue weighted by molar-refractivity contribution is 7.98. The van der Waals surface area contributed by atoms with Crippen molar-refractivity contribution in [3.05, 3.63) is 29.8 Å². The summed E-state index contributed by atoms with van der Waals surface area (Å²) in [6.07, 6.45) is 7.29. The lowest BCUT2D eigenvalue weighted by Gasteiger charge is -2.26. The largest absolute Gasteiger partial charge is 0.356 e. The topological polar surface area (TPSA) is 56.7 Å². The number of unbranched alkanes of at least 4 members (excludes halogenated alkanes) is 1. The van der Waals surface area contributed by atoms with Gasteiger partial charge in [0.2, 0.25) is 5.91 Å². The van der Waals surface area contributed by atoms with Gasteiger partial charge in [0.25, 0.3) is 0 Å². The zero-order chi connectivity index (χ0) is 17.9. The van der Waals surface area contributed by atoms with Gasteiger partial charge in [-0.05, 0) is 55.4 Å². The number of benzene rings is 1. The lowest BCUT2D eigenvalue weighted by atomic mass is 10.1. The monoisotopic (exact) mass is 362 g/mol. The first-order chi connectivity index (χ1) is 12.2. The van der Waals surface area contributed by atoms with E-state index >= 15 is 0 Å². The lowest BCUT2D eigenvalue weighted by Crippen LogP contribution is -2.37. The molecular formula is C19H30N4OS. The van der Waals surface area contributed by atoms with Crippen molar-refractivity contribution in [3.8, 4) is 0 Å².